The first-order chi connectivity index (χ1) is 7.37. The molecule has 2 N–H and O–H groups in total. The number of thiocarbonyl (C=S) groups is 1. The summed E-state index contributed by atoms with van der Waals surface area (Å²) < 4.78 is 5.25. The van der Waals surface area contributed by atoms with Gasteiger partial charge in [-0.05, 0) is 26.7 Å². The van der Waals surface area contributed by atoms with Crippen LogP contribution in [-0.4, -0.2) is 41.1 Å². The molecule has 0 aromatic carbocycles. The molecule has 0 radical (unpaired) electrons. The van der Waals surface area contributed by atoms with Crippen LogP contribution < -0.4 is 5.73 Å². The zero-order valence-corrected chi connectivity index (χ0v) is 11.0. The number of hydrogen-bond donors (Lipinski definition) is 1. The molecule has 0 aromatic heterocycles. The van der Waals surface area contributed by atoms with E-state index in [4.69, 9.17) is 22.7 Å². The second-order valence-electron chi connectivity index (χ2n) is 4.79. The smallest absolute Gasteiger partial charge is 0.226 e. The highest BCUT2D eigenvalue weighted by atomic mass is 32.1. The van der Waals surface area contributed by atoms with Crippen LogP contribution in [0.1, 0.15) is 33.1 Å². The summed E-state index contributed by atoms with van der Waals surface area (Å²) in [4.78, 5) is 14.3. The summed E-state index contributed by atoms with van der Waals surface area (Å²) in [6.45, 7) is 4.55. The SMILES string of the molecule is COC(C)(C)CC(=O)N1CCCC1C(N)=S. The summed E-state index contributed by atoms with van der Waals surface area (Å²) in [6, 6.07) is -0.0600. The van der Waals surface area contributed by atoms with E-state index < -0.39 is 5.60 Å². The Bertz CT molecular complexity index is 292. The minimum Gasteiger partial charge on any atom is -0.392 e. The van der Waals surface area contributed by atoms with Gasteiger partial charge in [-0.25, -0.2) is 0 Å². The molecule has 1 rings (SSSR count). The van der Waals surface area contributed by atoms with Crippen LogP contribution in [0, 0.1) is 0 Å². The molecule has 1 aliphatic rings. The normalized spacial score (nSPS) is 21.2. The number of carbonyl (C=O) groups is 1. The van der Waals surface area contributed by atoms with Crippen LogP contribution in [0.4, 0.5) is 0 Å². The summed E-state index contributed by atoms with van der Waals surface area (Å²) in [5.41, 5.74) is 5.20. The molecule has 1 atom stereocenters. The molecule has 0 aliphatic carbocycles. The van der Waals surface area contributed by atoms with Crippen LogP contribution in [0.15, 0.2) is 0 Å². The van der Waals surface area contributed by atoms with Crippen molar-refractivity contribution in [2.75, 3.05) is 13.7 Å². The number of nitrogens with two attached hydrogens (primary N) is 1. The quantitative estimate of drug-likeness (QED) is 0.752. The maximum atomic E-state index is 12.1. The van der Waals surface area contributed by atoms with E-state index in [1.54, 1.807) is 12.0 Å². The predicted octanol–water partition coefficient (Wildman–Crippen LogP) is 1.08. The monoisotopic (exact) mass is 244 g/mol. The lowest BCUT2D eigenvalue weighted by Gasteiger charge is -2.28. The fourth-order valence-corrected chi connectivity index (χ4v) is 2.14. The number of ether oxygens (including phenoxy) is 1. The molecular weight excluding hydrogens is 224 g/mol. The first-order valence-corrected chi connectivity index (χ1v) is 5.92. The van der Waals surface area contributed by atoms with E-state index >= 15 is 0 Å². The van der Waals surface area contributed by atoms with Crippen molar-refractivity contribution < 1.29 is 9.53 Å². The third kappa shape index (κ3) is 3.15. The molecule has 1 aliphatic heterocycles. The summed E-state index contributed by atoms with van der Waals surface area (Å²) in [7, 11) is 1.61. The topological polar surface area (TPSA) is 55.6 Å². The van der Waals surface area contributed by atoms with Crippen LogP contribution >= 0.6 is 12.2 Å². The van der Waals surface area contributed by atoms with Gasteiger partial charge in [0.1, 0.15) is 0 Å². The van der Waals surface area contributed by atoms with Gasteiger partial charge in [0.2, 0.25) is 5.91 Å². The minimum absolute atomic E-state index is 0.0600. The van der Waals surface area contributed by atoms with Gasteiger partial charge in [-0.1, -0.05) is 12.2 Å². The van der Waals surface area contributed by atoms with E-state index in [2.05, 4.69) is 0 Å². The second-order valence-corrected chi connectivity index (χ2v) is 5.26. The van der Waals surface area contributed by atoms with E-state index in [1.807, 2.05) is 13.8 Å². The van der Waals surface area contributed by atoms with Gasteiger partial charge in [-0.2, -0.15) is 0 Å². The van der Waals surface area contributed by atoms with Crippen molar-refractivity contribution in [1.82, 2.24) is 4.90 Å². The Balaban J connectivity index is 2.63. The number of likely N-dealkylation sites (tertiary alicyclic amines) is 1. The first-order valence-electron chi connectivity index (χ1n) is 5.51. The molecule has 5 heteroatoms. The van der Waals surface area contributed by atoms with E-state index in [1.165, 1.54) is 0 Å². The van der Waals surface area contributed by atoms with E-state index in [0.717, 1.165) is 19.4 Å². The molecule has 0 bridgehead atoms. The van der Waals surface area contributed by atoms with Crippen LogP contribution in [0.5, 0.6) is 0 Å². The third-order valence-corrected chi connectivity index (χ3v) is 3.30. The number of hydrogen-bond acceptors (Lipinski definition) is 3. The van der Waals surface area contributed by atoms with Crippen molar-refractivity contribution in [2.45, 2.75) is 44.8 Å². The van der Waals surface area contributed by atoms with Gasteiger partial charge in [0.25, 0.3) is 0 Å². The molecule has 0 spiro atoms. The third-order valence-electron chi connectivity index (χ3n) is 3.03. The number of nitrogens with zero attached hydrogens (tertiary/aromatic N) is 1. The number of methoxy groups -OCH3 is 1. The van der Waals surface area contributed by atoms with Crippen molar-refractivity contribution in [3.8, 4) is 0 Å². The van der Waals surface area contributed by atoms with Crippen molar-refractivity contribution in [3.63, 3.8) is 0 Å². The Hall–Kier alpha value is -0.680. The van der Waals surface area contributed by atoms with Gasteiger partial charge in [-0.15, -0.1) is 0 Å². The van der Waals surface area contributed by atoms with Crippen LogP contribution in [-0.2, 0) is 9.53 Å². The molecular formula is C11H20N2O2S. The average Bonchev–Trinajstić information content (AvgIpc) is 2.65. The Morgan fingerprint density at radius 3 is 2.75 bits per heavy atom. The van der Waals surface area contributed by atoms with Gasteiger partial charge in [0.15, 0.2) is 0 Å². The predicted molar refractivity (Wildman–Crippen MR) is 67.2 cm³/mol. The van der Waals surface area contributed by atoms with E-state index in [9.17, 15) is 4.79 Å². The standard InChI is InChI=1S/C11H20N2O2S/c1-11(2,15-3)7-9(14)13-6-4-5-8(13)10(12)16/h8H,4-7H2,1-3H3,(H2,12,16). The lowest BCUT2D eigenvalue weighted by atomic mass is 10.0. The first kappa shape index (κ1) is 13.4. The average molecular weight is 244 g/mol. The van der Waals surface area contributed by atoms with Crippen molar-refractivity contribution in [2.24, 2.45) is 5.73 Å². The highest BCUT2D eigenvalue weighted by Crippen LogP contribution is 2.22. The Morgan fingerprint density at radius 2 is 2.25 bits per heavy atom. The Kier molecular flexibility index (Phi) is 4.27. The van der Waals surface area contributed by atoms with Crippen molar-refractivity contribution >= 4 is 23.1 Å². The molecule has 4 nitrogen and oxygen atoms in total. The highest BCUT2D eigenvalue weighted by molar-refractivity contribution is 7.80. The van der Waals surface area contributed by atoms with Crippen LogP contribution in [0.2, 0.25) is 0 Å². The molecule has 0 aromatic rings. The number of carbonyl (C=O) groups excluding carboxylic acids is 1. The van der Waals surface area contributed by atoms with E-state index in [-0.39, 0.29) is 11.9 Å². The van der Waals surface area contributed by atoms with E-state index in [0.29, 0.717) is 11.4 Å². The van der Waals surface area contributed by atoms with Gasteiger partial charge < -0.3 is 15.4 Å². The van der Waals surface area contributed by atoms with Crippen LogP contribution in [0.3, 0.4) is 0 Å². The van der Waals surface area contributed by atoms with Gasteiger partial charge in [0, 0.05) is 13.7 Å². The molecule has 1 unspecified atom stereocenters. The summed E-state index contributed by atoms with van der Waals surface area (Å²) in [5.74, 6) is 0.0714. The molecule has 1 fully saturated rings. The second kappa shape index (κ2) is 5.10. The van der Waals surface area contributed by atoms with Crippen LogP contribution in [0.25, 0.3) is 0 Å². The maximum Gasteiger partial charge on any atom is 0.226 e. The van der Waals surface area contributed by atoms with Gasteiger partial charge in [-0.3, -0.25) is 4.79 Å². The zero-order chi connectivity index (χ0) is 12.3. The minimum atomic E-state index is -0.430. The lowest BCUT2D eigenvalue weighted by molar-refractivity contribution is -0.136. The molecule has 92 valence electrons. The highest BCUT2D eigenvalue weighted by Gasteiger charge is 2.33. The fraction of sp³-hybridized carbons (Fsp3) is 0.818. The van der Waals surface area contributed by atoms with Gasteiger partial charge in [0.05, 0.1) is 23.1 Å². The van der Waals surface area contributed by atoms with Crippen molar-refractivity contribution in [3.05, 3.63) is 0 Å². The summed E-state index contributed by atoms with van der Waals surface area (Å²) >= 11 is 4.97. The molecule has 1 amide bonds. The zero-order valence-electron chi connectivity index (χ0n) is 10.2. The molecule has 16 heavy (non-hydrogen) atoms. The van der Waals surface area contributed by atoms with Crippen molar-refractivity contribution in [1.29, 1.82) is 0 Å². The number of rotatable bonds is 4. The fourth-order valence-electron chi connectivity index (χ4n) is 1.90. The van der Waals surface area contributed by atoms with Gasteiger partial charge >= 0.3 is 0 Å². The Labute approximate surface area is 102 Å². The molecule has 1 heterocycles. The number of amides is 1. The maximum absolute atomic E-state index is 12.1. The summed E-state index contributed by atoms with van der Waals surface area (Å²) in [6.07, 6.45) is 2.22. The summed E-state index contributed by atoms with van der Waals surface area (Å²) in [5, 5.41) is 0. The largest absolute Gasteiger partial charge is 0.392 e. The lowest BCUT2D eigenvalue weighted by Crippen LogP contribution is -2.45. The molecule has 1 saturated heterocycles. The Morgan fingerprint density at radius 1 is 1.62 bits per heavy atom. The molecule has 0 saturated carbocycles.